The number of benzene rings is 1. The zero-order valence-corrected chi connectivity index (χ0v) is 9.96. The van der Waals surface area contributed by atoms with Gasteiger partial charge in [0.05, 0.1) is 6.54 Å². The van der Waals surface area contributed by atoms with E-state index in [0.717, 1.165) is 5.75 Å². The Kier molecular flexibility index (Phi) is 5.13. The molecule has 1 N–H and O–H groups in total. The van der Waals surface area contributed by atoms with Crippen LogP contribution in [-0.4, -0.2) is 30.3 Å². The Morgan fingerprint density at radius 2 is 2.06 bits per heavy atom. The fraction of sp³-hybridized carbons (Fsp3) is 0.417. The van der Waals surface area contributed by atoms with Crippen LogP contribution >= 0.6 is 0 Å². The summed E-state index contributed by atoms with van der Waals surface area (Å²) in [7, 11) is 0. The molecule has 0 aliphatic carbocycles. The van der Waals surface area contributed by atoms with Gasteiger partial charge in [-0.25, -0.2) is 4.79 Å². The fourth-order valence-corrected chi connectivity index (χ4v) is 1.07. The maximum atomic E-state index is 10.4. The third-order valence-corrected chi connectivity index (χ3v) is 2.09. The first-order valence-electron chi connectivity index (χ1n) is 5.38. The van der Waals surface area contributed by atoms with Gasteiger partial charge in [-0.1, -0.05) is 17.7 Å². The summed E-state index contributed by atoms with van der Waals surface area (Å²) in [4.78, 5) is 10.4. The normalized spacial score (nSPS) is 12.6. The Bertz CT molecular complexity index is 387. The first kappa shape index (κ1) is 13.2. The van der Waals surface area contributed by atoms with Crippen molar-refractivity contribution in [3.8, 4) is 5.75 Å². The van der Waals surface area contributed by atoms with E-state index in [9.17, 15) is 4.79 Å². The molecule has 0 aliphatic rings. The van der Waals surface area contributed by atoms with Crippen LogP contribution in [-0.2, 0) is 4.79 Å². The lowest BCUT2D eigenvalue weighted by molar-refractivity contribution is -0.138. The van der Waals surface area contributed by atoms with Gasteiger partial charge in [0.1, 0.15) is 12.4 Å². The number of aliphatic carboxylic acids is 1. The van der Waals surface area contributed by atoms with Crippen molar-refractivity contribution in [3.05, 3.63) is 29.8 Å². The molecule has 1 aromatic carbocycles. The third kappa shape index (κ3) is 5.10. The number of carboxylic acid groups (broad SMARTS) is 1. The summed E-state index contributed by atoms with van der Waals surface area (Å²) < 4.78 is 5.40. The summed E-state index contributed by atoms with van der Waals surface area (Å²) in [5.41, 5.74) is 1.17. The number of carboxylic acids is 1. The van der Waals surface area contributed by atoms with E-state index in [1.54, 1.807) is 0 Å². The molecule has 0 spiro atoms. The van der Waals surface area contributed by atoms with Gasteiger partial charge >= 0.3 is 5.97 Å². The number of rotatable bonds is 6. The van der Waals surface area contributed by atoms with Crippen molar-refractivity contribution < 1.29 is 14.6 Å². The molecule has 0 bridgehead atoms. The van der Waals surface area contributed by atoms with Gasteiger partial charge in [0.15, 0.2) is 6.04 Å². The molecule has 0 aromatic heterocycles. The Morgan fingerprint density at radius 1 is 1.41 bits per heavy atom. The number of carbonyl (C=O) groups is 1. The van der Waals surface area contributed by atoms with Crippen molar-refractivity contribution in [2.75, 3.05) is 13.2 Å². The molecule has 0 saturated carbocycles. The first-order chi connectivity index (χ1) is 8.09. The summed E-state index contributed by atoms with van der Waals surface area (Å²) in [6, 6.07) is 6.89. The molecule has 5 nitrogen and oxygen atoms in total. The van der Waals surface area contributed by atoms with Crippen LogP contribution in [0.1, 0.15) is 12.5 Å². The molecule has 1 aromatic rings. The van der Waals surface area contributed by atoms with Crippen LogP contribution in [0.15, 0.2) is 34.5 Å². The molecule has 1 rings (SSSR count). The summed E-state index contributed by atoms with van der Waals surface area (Å²) in [6.07, 6.45) is 0. The van der Waals surface area contributed by atoms with Gasteiger partial charge in [-0.2, -0.15) is 10.2 Å². The highest BCUT2D eigenvalue weighted by Crippen LogP contribution is 2.10. The van der Waals surface area contributed by atoms with E-state index in [0.29, 0.717) is 13.2 Å². The van der Waals surface area contributed by atoms with Crippen molar-refractivity contribution in [1.82, 2.24) is 0 Å². The van der Waals surface area contributed by atoms with E-state index in [2.05, 4.69) is 10.2 Å². The van der Waals surface area contributed by atoms with Crippen LogP contribution in [0.2, 0.25) is 0 Å². The minimum absolute atomic E-state index is 0.353. The number of nitrogens with zero attached hydrogens (tertiary/aromatic N) is 2. The SMILES string of the molecule is Cc1ccc(OCCN=NC(C)C(=O)O)cc1. The minimum atomic E-state index is -0.979. The average molecular weight is 236 g/mol. The van der Waals surface area contributed by atoms with Crippen LogP contribution in [0.5, 0.6) is 5.75 Å². The van der Waals surface area contributed by atoms with Gasteiger partial charge < -0.3 is 9.84 Å². The van der Waals surface area contributed by atoms with E-state index in [4.69, 9.17) is 9.84 Å². The lowest BCUT2D eigenvalue weighted by Gasteiger charge is -2.04. The summed E-state index contributed by atoms with van der Waals surface area (Å²) >= 11 is 0. The maximum absolute atomic E-state index is 10.4. The van der Waals surface area contributed by atoms with E-state index in [1.807, 2.05) is 31.2 Å². The fourth-order valence-electron chi connectivity index (χ4n) is 1.07. The highest BCUT2D eigenvalue weighted by Gasteiger charge is 2.07. The molecule has 0 fully saturated rings. The van der Waals surface area contributed by atoms with Gasteiger partial charge in [0.2, 0.25) is 0 Å². The second-order valence-electron chi connectivity index (χ2n) is 3.66. The monoisotopic (exact) mass is 236 g/mol. The molecular formula is C12H16N2O3. The Balaban J connectivity index is 2.24. The molecular weight excluding hydrogens is 220 g/mol. The Hall–Kier alpha value is -1.91. The zero-order valence-electron chi connectivity index (χ0n) is 9.96. The summed E-state index contributed by atoms with van der Waals surface area (Å²) in [5.74, 6) is -0.203. The quantitative estimate of drug-likeness (QED) is 0.608. The number of hydrogen-bond donors (Lipinski definition) is 1. The number of ether oxygens (including phenoxy) is 1. The van der Waals surface area contributed by atoms with Crippen molar-refractivity contribution in [2.45, 2.75) is 19.9 Å². The highest BCUT2D eigenvalue weighted by atomic mass is 16.5. The molecule has 0 heterocycles. The lowest BCUT2D eigenvalue weighted by Crippen LogP contribution is -2.12. The molecule has 0 aliphatic heterocycles. The van der Waals surface area contributed by atoms with E-state index < -0.39 is 12.0 Å². The smallest absolute Gasteiger partial charge is 0.330 e. The number of azo groups is 1. The average Bonchev–Trinajstić information content (AvgIpc) is 2.30. The molecule has 0 amide bonds. The maximum Gasteiger partial charge on any atom is 0.330 e. The molecule has 0 radical (unpaired) electrons. The van der Waals surface area contributed by atoms with E-state index >= 15 is 0 Å². The van der Waals surface area contributed by atoms with Crippen molar-refractivity contribution >= 4 is 5.97 Å². The van der Waals surface area contributed by atoms with Gasteiger partial charge in [-0.3, -0.25) is 0 Å². The van der Waals surface area contributed by atoms with Crippen LogP contribution in [0, 0.1) is 6.92 Å². The van der Waals surface area contributed by atoms with Crippen LogP contribution < -0.4 is 4.74 Å². The first-order valence-corrected chi connectivity index (χ1v) is 5.38. The number of hydrogen-bond acceptors (Lipinski definition) is 4. The summed E-state index contributed by atoms with van der Waals surface area (Å²) in [6.45, 7) is 4.22. The zero-order chi connectivity index (χ0) is 12.7. The van der Waals surface area contributed by atoms with Crippen LogP contribution in [0.4, 0.5) is 0 Å². The Morgan fingerprint density at radius 3 is 2.65 bits per heavy atom. The van der Waals surface area contributed by atoms with Gasteiger partial charge in [0.25, 0.3) is 0 Å². The van der Waals surface area contributed by atoms with E-state index in [1.165, 1.54) is 12.5 Å². The van der Waals surface area contributed by atoms with Gasteiger partial charge in [-0.15, -0.1) is 0 Å². The third-order valence-electron chi connectivity index (χ3n) is 2.09. The largest absolute Gasteiger partial charge is 0.492 e. The lowest BCUT2D eigenvalue weighted by atomic mass is 10.2. The molecule has 92 valence electrons. The van der Waals surface area contributed by atoms with Gasteiger partial charge in [0, 0.05) is 0 Å². The summed E-state index contributed by atoms with van der Waals surface area (Å²) in [5, 5.41) is 15.9. The second-order valence-corrected chi connectivity index (χ2v) is 3.66. The van der Waals surface area contributed by atoms with Crippen molar-refractivity contribution in [2.24, 2.45) is 10.2 Å². The van der Waals surface area contributed by atoms with Crippen LogP contribution in [0.3, 0.4) is 0 Å². The molecule has 1 unspecified atom stereocenters. The van der Waals surface area contributed by atoms with Gasteiger partial charge in [-0.05, 0) is 26.0 Å². The minimum Gasteiger partial charge on any atom is -0.492 e. The molecule has 0 saturated heterocycles. The highest BCUT2D eigenvalue weighted by molar-refractivity contribution is 5.72. The van der Waals surface area contributed by atoms with Crippen LogP contribution in [0.25, 0.3) is 0 Å². The van der Waals surface area contributed by atoms with Crippen molar-refractivity contribution in [1.29, 1.82) is 0 Å². The number of aryl methyl sites for hydroxylation is 1. The van der Waals surface area contributed by atoms with E-state index in [-0.39, 0.29) is 0 Å². The predicted molar refractivity (Wildman–Crippen MR) is 63.5 cm³/mol. The second kappa shape index (κ2) is 6.62. The molecule has 5 heteroatoms. The molecule has 1 atom stereocenters. The predicted octanol–water partition coefficient (Wildman–Crippen LogP) is 2.30. The standard InChI is InChI=1S/C12H16N2O3/c1-9-3-5-11(6-4-9)17-8-7-13-14-10(2)12(15)16/h3-6,10H,7-8H2,1-2H3,(H,15,16). The molecule has 17 heavy (non-hydrogen) atoms. The van der Waals surface area contributed by atoms with Crippen molar-refractivity contribution in [3.63, 3.8) is 0 Å². The topological polar surface area (TPSA) is 71.2 Å². The Labute approximate surface area is 100 Å².